The number of anilines is 1. The number of aryl methyl sites for hydroxylation is 1. The normalized spacial score (nSPS) is 14.4. The van der Waals surface area contributed by atoms with Crippen molar-refractivity contribution in [1.82, 2.24) is 9.55 Å². The van der Waals surface area contributed by atoms with Gasteiger partial charge in [-0.15, -0.1) is 0 Å². The van der Waals surface area contributed by atoms with E-state index in [-0.39, 0.29) is 11.2 Å². The minimum Gasteiger partial charge on any atom is -0.497 e. The van der Waals surface area contributed by atoms with Gasteiger partial charge in [-0.1, -0.05) is 36.0 Å². The zero-order valence-electron chi connectivity index (χ0n) is 16.0. The summed E-state index contributed by atoms with van der Waals surface area (Å²) in [7, 11) is 1.65. The quantitative estimate of drug-likeness (QED) is 0.605. The van der Waals surface area contributed by atoms with Crippen molar-refractivity contribution in [1.29, 1.82) is 0 Å². The summed E-state index contributed by atoms with van der Waals surface area (Å²) in [5.74, 6) is 0.911. The van der Waals surface area contributed by atoms with Gasteiger partial charge < -0.3 is 9.64 Å². The Morgan fingerprint density at radius 2 is 2.07 bits per heavy atom. The number of amides is 1. The van der Waals surface area contributed by atoms with E-state index in [1.807, 2.05) is 65.1 Å². The average molecular weight is 394 g/mol. The number of rotatable bonds is 5. The molecule has 0 fully saturated rings. The van der Waals surface area contributed by atoms with Gasteiger partial charge in [0, 0.05) is 30.7 Å². The van der Waals surface area contributed by atoms with Crippen LogP contribution in [0, 0.1) is 0 Å². The Hall–Kier alpha value is -2.73. The number of nitrogens with zero attached hydrogens (tertiary/aromatic N) is 3. The molecule has 4 rings (SSSR count). The average Bonchev–Trinajstić information content (AvgIpc) is 3.21. The Labute approximate surface area is 169 Å². The van der Waals surface area contributed by atoms with Crippen LogP contribution in [0.5, 0.6) is 5.75 Å². The minimum atomic E-state index is -0.238. The number of para-hydroxylation sites is 1. The van der Waals surface area contributed by atoms with Crippen molar-refractivity contribution >= 4 is 23.4 Å². The fourth-order valence-electron chi connectivity index (χ4n) is 3.52. The third kappa shape index (κ3) is 3.64. The van der Waals surface area contributed by atoms with Gasteiger partial charge in [-0.05, 0) is 43.5 Å². The van der Waals surface area contributed by atoms with E-state index in [4.69, 9.17) is 4.74 Å². The topological polar surface area (TPSA) is 47.4 Å². The van der Waals surface area contributed by atoms with Gasteiger partial charge in [-0.25, -0.2) is 4.98 Å². The Morgan fingerprint density at radius 1 is 1.21 bits per heavy atom. The zero-order chi connectivity index (χ0) is 19.5. The van der Waals surface area contributed by atoms with E-state index < -0.39 is 0 Å². The molecular weight excluding hydrogens is 370 g/mol. The van der Waals surface area contributed by atoms with Crippen molar-refractivity contribution in [2.24, 2.45) is 0 Å². The maximum absolute atomic E-state index is 13.2. The highest BCUT2D eigenvalue weighted by Crippen LogP contribution is 2.31. The molecule has 5 nitrogen and oxygen atoms in total. The van der Waals surface area contributed by atoms with Crippen LogP contribution in [0.4, 0.5) is 5.69 Å². The third-order valence-corrected chi connectivity index (χ3v) is 6.01. The van der Waals surface area contributed by atoms with E-state index in [1.54, 1.807) is 13.3 Å². The van der Waals surface area contributed by atoms with Crippen LogP contribution in [0.3, 0.4) is 0 Å². The lowest BCUT2D eigenvalue weighted by Crippen LogP contribution is -2.40. The summed E-state index contributed by atoms with van der Waals surface area (Å²) in [5.41, 5.74) is 3.25. The third-order valence-electron chi connectivity index (χ3n) is 4.94. The largest absolute Gasteiger partial charge is 0.497 e. The number of hydrogen-bond donors (Lipinski definition) is 0. The van der Waals surface area contributed by atoms with E-state index in [0.29, 0.717) is 0 Å². The SMILES string of the molecule is COc1cccc(-n2ccnc2S[C@H](C)C(=O)N2CCCc3ccccc32)c1. The number of carbonyl (C=O) groups is 1. The highest BCUT2D eigenvalue weighted by atomic mass is 32.2. The highest BCUT2D eigenvalue weighted by Gasteiger charge is 2.27. The van der Waals surface area contributed by atoms with E-state index >= 15 is 0 Å². The summed E-state index contributed by atoms with van der Waals surface area (Å²) in [6, 6.07) is 16.0. The lowest BCUT2D eigenvalue weighted by molar-refractivity contribution is -0.117. The molecule has 0 saturated heterocycles. The molecule has 1 aliphatic heterocycles. The minimum absolute atomic E-state index is 0.123. The summed E-state index contributed by atoms with van der Waals surface area (Å²) < 4.78 is 7.31. The van der Waals surface area contributed by atoms with Gasteiger partial charge in [-0.3, -0.25) is 9.36 Å². The fraction of sp³-hybridized carbons (Fsp3) is 0.273. The van der Waals surface area contributed by atoms with E-state index in [9.17, 15) is 4.79 Å². The molecule has 1 aromatic heterocycles. The van der Waals surface area contributed by atoms with Gasteiger partial charge >= 0.3 is 0 Å². The number of imidazole rings is 1. The second-order valence-corrected chi connectivity index (χ2v) is 8.07. The number of ether oxygens (including phenoxy) is 1. The molecule has 0 unspecified atom stereocenters. The lowest BCUT2D eigenvalue weighted by Gasteiger charge is -2.31. The number of thioether (sulfide) groups is 1. The molecule has 6 heteroatoms. The summed E-state index contributed by atoms with van der Waals surface area (Å²) in [6.07, 6.45) is 5.69. The van der Waals surface area contributed by atoms with Crippen molar-refractivity contribution in [3.05, 3.63) is 66.5 Å². The molecule has 0 radical (unpaired) electrons. The number of aromatic nitrogens is 2. The summed E-state index contributed by atoms with van der Waals surface area (Å²) in [5, 5.41) is 0.553. The number of hydrogen-bond acceptors (Lipinski definition) is 4. The van der Waals surface area contributed by atoms with Gasteiger partial charge in [0.1, 0.15) is 5.75 Å². The first-order valence-corrected chi connectivity index (χ1v) is 10.3. The van der Waals surface area contributed by atoms with Crippen molar-refractivity contribution in [3.8, 4) is 11.4 Å². The molecule has 144 valence electrons. The van der Waals surface area contributed by atoms with Gasteiger partial charge in [0.05, 0.1) is 18.0 Å². The molecule has 0 spiro atoms. The highest BCUT2D eigenvalue weighted by molar-refractivity contribution is 8.00. The molecule has 28 heavy (non-hydrogen) atoms. The van der Waals surface area contributed by atoms with Gasteiger partial charge in [-0.2, -0.15) is 0 Å². The van der Waals surface area contributed by atoms with Crippen molar-refractivity contribution in [3.63, 3.8) is 0 Å². The van der Waals surface area contributed by atoms with Crippen LogP contribution in [0.2, 0.25) is 0 Å². The number of carbonyl (C=O) groups excluding carboxylic acids is 1. The van der Waals surface area contributed by atoms with Gasteiger partial charge in [0.15, 0.2) is 5.16 Å². The standard InChI is InChI=1S/C22H23N3O2S/c1-16(21(26)25-13-6-8-17-7-3-4-11-20(17)25)28-22-23-12-14-24(22)18-9-5-10-19(15-18)27-2/h3-5,7,9-12,14-16H,6,8,13H2,1-2H3/t16-/m1/s1. The summed E-state index contributed by atoms with van der Waals surface area (Å²) in [4.78, 5) is 19.6. The van der Waals surface area contributed by atoms with Crippen LogP contribution < -0.4 is 9.64 Å². The molecular formula is C22H23N3O2S. The molecule has 0 bridgehead atoms. The maximum Gasteiger partial charge on any atom is 0.240 e. The molecule has 0 N–H and O–H groups in total. The van der Waals surface area contributed by atoms with Crippen molar-refractivity contribution < 1.29 is 9.53 Å². The smallest absolute Gasteiger partial charge is 0.240 e. The molecule has 1 atom stereocenters. The Balaban J connectivity index is 1.54. The monoisotopic (exact) mass is 393 g/mol. The zero-order valence-corrected chi connectivity index (χ0v) is 16.9. The molecule has 0 aliphatic carbocycles. The predicted molar refractivity (Wildman–Crippen MR) is 113 cm³/mol. The fourth-order valence-corrected chi connectivity index (χ4v) is 4.47. The van der Waals surface area contributed by atoms with Crippen LogP contribution in [0.25, 0.3) is 5.69 Å². The Bertz CT molecular complexity index is 985. The lowest BCUT2D eigenvalue weighted by atomic mass is 10.0. The van der Waals surface area contributed by atoms with E-state index in [1.165, 1.54) is 17.3 Å². The summed E-state index contributed by atoms with van der Waals surface area (Å²) in [6.45, 7) is 2.72. The molecule has 2 aromatic carbocycles. The predicted octanol–water partition coefficient (Wildman–Crippen LogP) is 4.34. The second kappa shape index (κ2) is 8.10. The first-order chi connectivity index (χ1) is 13.7. The van der Waals surface area contributed by atoms with Crippen molar-refractivity contribution in [2.45, 2.75) is 30.2 Å². The number of benzene rings is 2. The van der Waals surface area contributed by atoms with Gasteiger partial charge in [0.25, 0.3) is 0 Å². The Kier molecular flexibility index (Phi) is 5.39. The van der Waals surface area contributed by atoms with Crippen LogP contribution in [0.15, 0.2) is 66.1 Å². The van der Waals surface area contributed by atoms with E-state index in [0.717, 1.165) is 41.7 Å². The second-order valence-electron chi connectivity index (χ2n) is 6.76. The van der Waals surface area contributed by atoms with Crippen molar-refractivity contribution in [2.75, 3.05) is 18.6 Å². The molecule has 0 saturated carbocycles. The van der Waals surface area contributed by atoms with Crippen LogP contribution in [-0.2, 0) is 11.2 Å². The Morgan fingerprint density at radius 3 is 2.93 bits per heavy atom. The molecule has 2 heterocycles. The molecule has 3 aromatic rings. The molecule has 1 amide bonds. The first-order valence-electron chi connectivity index (χ1n) is 9.41. The molecule has 1 aliphatic rings. The van der Waals surface area contributed by atoms with Crippen LogP contribution >= 0.6 is 11.8 Å². The van der Waals surface area contributed by atoms with Crippen LogP contribution in [-0.4, -0.2) is 34.4 Å². The van der Waals surface area contributed by atoms with Crippen LogP contribution in [0.1, 0.15) is 18.9 Å². The summed E-state index contributed by atoms with van der Waals surface area (Å²) >= 11 is 1.48. The number of methoxy groups -OCH3 is 1. The van der Waals surface area contributed by atoms with E-state index in [2.05, 4.69) is 11.1 Å². The number of fused-ring (bicyclic) bond motifs is 1. The van der Waals surface area contributed by atoms with Gasteiger partial charge in [0.2, 0.25) is 5.91 Å². The first kappa shape index (κ1) is 18.6. The maximum atomic E-state index is 13.2.